The van der Waals surface area contributed by atoms with E-state index >= 15 is 0 Å². The molecule has 8 nitrogen and oxygen atoms in total. The van der Waals surface area contributed by atoms with Gasteiger partial charge in [-0.1, -0.05) is 11.3 Å². The summed E-state index contributed by atoms with van der Waals surface area (Å²) in [6, 6.07) is 8.52. The molecule has 0 bridgehead atoms. The van der Waals surface area contributed by atoms with Crippen molar-refractivity contribution in [3.63, 3.8) is 0 Å². The van der Waals surface area contributed by atoms with Crippen molar-refractivity contribution in [2.75, 3.05) is 19.0 Å². The van der Waals surface area contributed by atoms with E-state index in [1.165, 1.54) is 29.6 Å². The number of hydrogen-bond donors (Lipinski definition) is 1. The van der Waals surface area contributed by atoms with Crippen LogP contribution in [0, 0.1) is 11.6 Å². The number of anilines is 1. The Bertz CT molecular complexity index is 1250. The van der Waals surface area contributed by atoms with Crippen LogP contribution < -0.4 is 10.1 Å². The van der Waals surface area contributed by atoms with Gasteiger partial charge in [0.1, 0.15) is 10.8 Å². The number of amides is 1. The average molecular weight is 481 g/mol. The van der Waals surface area contributed by atoms with Crippen LogP contribution in [-0.2, 0) is 10.0 Å². The van der Waals surface area contributed by atoms with Gasteiger partial charge in [-0.05, 0) is 49.2 Å². The topological polar surface area (TPSA) is 101 Å². The number of methoxy groups -OCH3 is 1. The number of carbonyl (C=O) groups excluding carboxylic acids is 1. The molecule has 1 aliphatic rings. The summed E-state index contributed by atoms with van der Waals surface area (Å²) in [5, 5.41) is 10.7. The van der Waals surface area contributed by atoms with Crippen molar-refractivity contribution in [1.29, 1.82) is 0 Å². The zero-order valence-electron chi connectivity index (χ0n) is 16.8. The van der Waals surface area contributed by atoms with E-state index in [-0.39, 0.29) is 15.6 Å². The molecule has 2 aromatic carbocycles. The zero-order chi connectivity index (χ0) is 22.9. The van der Waals surface area contributed by atoms with Gasteiger partial charge < -0.3 is 10.1 Å². The minimum Gasteiger partial charge on any atom is -0.497 e. The maximum Gasteiger partial charge on any atom is 0.286 e. The van der Waals surface area contributed by atoms with Gasteiger partial charge in [0.2, 0.25) is 15.0 Å². The monoisotopic (exact) mass is 480 g/mol. The molecule has 0 radical (unpaired) electrons. The van der Waals surface area contributed by atoms with E-state index in [1.807, 2.05) is 0 Å². The zero-order valence-corrected chi connectivity index (χ0v) is 18.4. The molecule has 32 heavy (non-hydrogen) atoms. The van der Waals surface area contributed by atoms with Crippen molar-refractivity contribution in [2.45, 2.75) is 23.8 Å². The highest BCUT2D eigenvalue weighted by molar-refractivity contribution is 7.89. The van der Waals surface area contributed by atoms with Gasteiger partial charge in [-0.3, -0.25) is 4.79 Å². The largest absolute Gasteiger partial charge is 0.497 e. The summed E-state index contributed by atoms with van der Waals surface area (Å²) in [5.41, 5.74) is 0.0650. The van der Waals surface area contributed by atoms with Crippen LogP contribution in [-0.4, -0.2) is 42.5 Å². The number of ether oxygens (including phenoxy) is 1. The molecule has 3 aromatic rings. The second kappa shape index (κ2) is 8.88. The third-order valence-corrected chi connectivity index (χ3v) is 7.91. The van der Waals surface area contributed by atoms with Crippen LogP contribution >= 0.6 is 11.3 Å². The van der Waals surface area contributed by atoms with Gasteiger partial charge >= 0.3 is 0 Å². The van der Waals surface area contributed by atoms with E-state index in [1.54, 1.807) is 12.1 Å². The predicted octanol–water partition coefficient (Wildman–Crippen LogP) is 3.60. The third kappa shape index (κ3) is 4.33. The first-order valence-corrected chi connectivity index (χ1v) is 11.8. The summed E-state index contributed by atoms with van der Waals surface area (Å²) in [6.45, 7) is 0.314. The molecule has 1 amide bonds. The summed E-state index contributed by atoms with van der Waals surface area (Å²) >= 11 is 0.958. The number of carbonyl (C=O) groups is 1. The van der Waals surface area contributed by atoms with Crippen LogP contribution in [0.2, 0.25) is 0 Å². The van der Waals surface area contributed by atoms with Gasteiger partial charge in [0.25, 0.3) is 5.91 Å². The molecule has 0 unspecified atom stereocenters. The fraction of sp³-hybridized carbons (Fsp3) is 0.250. The second-order valence-electron chi connectivity index (χ2n) is 6.98. The van der Waals surface area contributed by atoms with Crippen LogP contribution in [0.25, 0.3) is 0 Å². The molecule has 4 rings (SSSR count). The number of hydrogen-bond acceptors (Lipinski definition) is 7. The van der Waals surface area contributed by atoms with Gasteiger partial charge in [0.15, 0.2) is 11.6 Å². The van der Waals surface area contributed by atoms with Crippen molar-refractivity contribution in [3.8, 4) is 5.75 Å². The molecule has 0 spiro atoms. The highest BCUT2D eigenvalue weighted by Gasteiger charge is 2.38. The maximum absolute atomic E-state index is 13.4. The summed E-state index contributed by atoms with van der Waals surface area (Å²) in [7, 11) is -2.29. The van der Waals surface area contributed by atoms with E-state index in [0.29, 0.717) is 30.1 Å². The molecule has 0 saturated carbocycles. The molecule has 12 heteroatoms. The molecule has 1 aromatic heterocycles. The van der Waals surface area contributed by atoms with Crippen LogP contribution in [0.15, 0.2) is 47.4 Å². The van der Waals surface area contributed by atoms with Crippen LogP contribution in [0.3, 0.4) is 0 Å². The van der Waals surface area contributed by atoms with Crippen molar-refractivity contribution in [1.82, 2.24) is 14.5 Å². The minimum atomic E-state index is -3.79. The number of halogens is 2. The minimum absolute atomic E-state index is 0.0153. The Morgan fingerprint density at radius 1 is 1.16 bits per heavy atom. The van der Waals surface area contributed by atoms with Gasteiger partial charge in [-0.25, -0.2) is 17.2 Å². The van der Waals surface area contributed by atoms with E-state index in [4.69, 9.17) is 4.74 Å². The lowest BCUT2D eigenvalue weighted by Crippen LogP contribution is -2.30. The Morgan fingerprint density at radius 3 is 2.59 bits per heavy atom. The standard InChI is InChI=1S/C20H18F2N4O4S2/c1-30-13-5-7-14(8-6-13)32(28,29)26-10-2-3-17(26)19-24-25-20(31-19)18(27)23-12-4-9-15(21)16(22)11-12/h4-9,11,17H,2-3,10H2,1H3,(H,23,27)/t17-/m0/s1. The molecule has 1 fully saturated rings. The highest BCUT2D eigenvalue weighted by Crippen LogP contribution is 2.38. The Labute approximate surface area is 186 Å². The summed E-state index contributed by atoms with van der Waals surface area (Å²) in [5.74, 6) is -2.23. The van der Waals surface area contributed by atoms with Gasteiger partial charge in [-0.2, -0.15) is 4.31 Å². The third-order valence-electron chi connectivity index (χ3n) is 4.97. The molecule has 1 saturated heterocycles. The molecule has 1 N–H and O–H groups in total. The fourth-order valence-electron chi connectivity index (χ4n) is 3.38. The number of aromatic nitrogens is 2. The number of nitrogens with one attached hydrogen (secondary N) is 1. The maximum atomic E-state index is 13.4. The van der Waals surface area contributed by atoms with Crippen LogP contribution in [0.4, 0.5) is 14.5 Å². The van der Waals surface area contributed by atoms with Crippen LogP contribution in [0.5, 0.6) is 5.75 Å². The van der Waals surface area contributed by atoms with Gasteiger partial charge in [0.05, 0.1) is 18.0 Å². The lowest BCUT2D eigenvalue weighted by Gasteiger charge is -2.22. The van der Waals surface area contributed by atoms with Crippen molar-refractivity contribution in [2.24, 2.45) is 0 Å². The van der Waals surface area contributed by atoms with Crippen LogP contribution in [0.1, 0.15) is 33.7 Å². The van der Waals surface area contributed by atoms with Gasteiger partial charge in [-0.15, -0.1) is 10.2 Å². The first kappa shape index (κ1) is 22.2. The molecule has 0 aliphatic carbocycles. The lowest BCUT2D eigenvalue weighted by atomic mass is 10.2. The molecular weight excluding hydrogens is 462 g/mol. The normalized spacial score (nSPS) is 16.8. The molecular formula is C20H18F2N4O4S2. The lowest BCUT2D eigenvalue weighted by molar-refractivity contribution is 0.102. The fourth-order valence-corrected chi connectivity index (χ4v) is 5.99. The highest BCUT2D eigenvalue weighted by atomic mass is 32.2. The summed E-state index contributed by atoms with van der Waals surface area (Å²) in [4.78, 5) is 12.6. The Morgan fingerprint density at radius 2 is 1.91 bits per heavy atom. The molecule has 1 atom stereocenters. The summed E-state index contributed by atoms with van der Waals surface area (Å²) < 4.78 is 59.2. The molecule has 2 heterocycles. The molecule has 1 aliphatic heterocycles. The van der Waals surface area contributed by atoms with E-state index in [0.717, 1.165) is 23.5 Å². The number of benzene rings is 2. The predicted molar refractivity (Wildman–Crippen MR) is 113 cm³/mol. The average Bonchev–Trinajstić information content (AvgIpc) is 3.46. The molecule has 168 valence electrons. The number of nitrogens with zero attached hydrogens (tertiary/aromatic N) is 3. The van der Waals surface area contributed by atoms with Gasteiger partial charge in [0, 0.05) is 18.3 Å². The van der Waals surface area contributed by atoms with E-state index < -0.39 is 33.6 Å². The summed E-state index contributed by atoms with van der Waals surface area (Å²) in [6.07, 6.45) is 1.17. The van der Waals surface area contributed by atoms with Crippen molar-refractivity contribution < 1.29 is 26.7 Å². The first-order valence-electron chi connectivity index (χ1n) is 9.55. The SMILES string of the molecule is COc1ccc(S(=O)(=O)N2CCC[C@H]2c2nnc(C(=O)Nc3ccc(F)c(F)c3)s2)cc1. The van der Waals surface area contributed by atoms with Crippen molar-refractivity contribution >= 4 is 33.0 Å². The van der Waals surface area contributed by atoms with E-state index in [9.17, 15) is 22.0 Å². The quantitative estimate of drug-likeness (QED) is 0.579. The first-order chi connectivity index (χ1) is 15.3. The number of rotatable bonds is 6. The van der Waals surface area contributed by atoms with Crippen molar-refractivity contribution in [3.05, 3.63) is 64.1 Å². The Kier molecular flexibility index (Phi) is 6.17. The smallest absolute Gasteiger partial charge is 0.286 e. The number of sulfonamides is 1. The second-order valence-corrected chi connectivity index (χ2v) is 9.88. The van der Waals surface area contributed by atoms with E-state index in [2.05, 4.69) is 15.5 Å². The Hall–Kier alpha value is -2.96. The Balaban J connectivity index is 1.53.